The Morgan fingerprint density at radius 1 is 1.43 bits per heavy atom. The largest absolute Gasteiger partial charge is 0.480 e. The lowest BCUT2D eigenvalue weighted by Crippen LogP contribution is -2.42. The molecule has 0 unspecified atom stereocenters. The smallest absolute Gasteiger partial charge is 0.327 e. The molecule has 0 aliphatic heterocycles. The van der Waals surface area contributed by atoms with Gasteiger partial charge in [-0.05, 0) is 19.8 Å². The van der Waals surface area contributed by atoms with Crippen LogP contribution in [-0.2, 0) is 4.79 Å². The number of carboxylic acid groups (broad SMARTS) is 1. The maximum atomic E-state index is 10.6. The highest BCUT2D eigenvalue weighted by molar-refractivity contribution is 5.80. The van der Waals surface area contributed by atoms with Gasteiger partial charge < -0.3 is 10.8 Å². The van der Waals surface area contributed by atoms with Crippen LogP contribution in [0.1, 0.15) is 46.0 Å². The fourth-order valence-electron chi connectivity index (χ4n) is 1.09. The average Bonchev–Trinajstić information content (AvgIpc) is 2.10. The van der Waals surface area contributed by atoms with Gasteiger partial charge in [-0.25, -0.2) is 4.79 Å². The number of allylic oxidation sites excluding steroid dienone is 1. The van der Waals surface area contributed by atoms with Crippen molar-refractivity contribution in [2.75, 3.05) is 0 Å². The lowest BCUT2D eigenvalue weighted by Gasteiger charge is -2.12. The minimum Gasteiger partial charge on any atom is -0.480 e. The molecule has 0 saturated heterocycles. The van der Waals surface area contributed by atoms with Crippen molar-refractivity contribution in [3.8, 4) is 0 Å². The van der Waals surface area contributed by atoms with Gasteiger partial charge >= 0.3 is 5.97 Å². The first kappa shape index (κ1) is 13.2. The molecule has 0 aliphatic rings. The highest BCUT2D eigenvalue weighted by atomic mass is 16.4. The molecule has 0 bridgehead atoms. The number of hydrogen-bond acceptors (Lipinski definition) is 2. The zero-order chi connectivity index (χ0) is 11.0. The SMILES string of the molecule is CCCCCCC=C[C@](C)(N)C(=O)O. The maximum absolute atomic E-state index is 10.6. The van der Waals surface area contributed by atoms with Crippen LogP contribution in [-0.4, -0.2) is 16.6 Å². The van der Waals surface area contributed by atoms with E-state index in [1.807, 2.05) is 6.08 Å². The summed E-state index contributed by atoms with van der Waals surface area (Å²) in [5, 5.41) is 8.71. The van der Waals surface area contributed by atoms with Crippen LogP contribution < -0.4 is 5.73 Å². The molecule has 0 saturated carbocycles. The van der Waals surface area contributed by atoms with E-state index in [0.29, 0.717) is 0 Å². The Kier molecular flexibility index (Phi) is 6.21. The molecule has 0 aromatic heterocycles. The lowest BCUT2D eigenvalue weighted by atomic mass is 10.0. The minimum absolute atomic E-state index is 0.917. The Bertz CT molecular complexity index is 197. The predicted octanol–water partition coefficient (Wildman–Crippen LogP) is 2.31. The second-order valence-corrected chi connectivity index (χ2v) is 3.84. The van der Waals surface area contributed by atoms with E-state index in [9.17, 15) is 4.79 Å². The van der Waals surface area contributed by atoms with E-state index in [1.165, 1.54) is 26.2 Å². The van der Waals surface area contributed by atoms with Gasteiger partial charge in [-0.2, -0.15) is 0 Å². The molecule has 0 aliphatic carbocycles. The van der Waals surface area contributed by atoms with Gasteiger partial charge in [0.25, 0.3) is 0 Å². The summed E-state index contributed by atoms with van der Waals surface area (Å²) in [5.41, 5.74) is 4.30. The van der Waals surface area contributed by atoms with Crippen molar-refractivity contribution in [2.24, 2.45) is 5.73 Å². The van der Waals surface area contributed by atoms with Gasteiger partial charge in [0.05, 0.1) is 0 Å². The molecule has 82 valence electrons. The third-order valence-corrected chi connectivity index (χ3v) is 2.15. The van der Waals surface area contributed by atoms with Crippen molar-refractivity contribution in [1.29, 1.82) is 0 Å². The molecule has 0 rings (SSSR count). The molecule has 0 heterocycles. The van der Waals surface area contributed by atoms with Crippen molar-refractivity contribution in [1.82, 2.24) is 0 Å². The Labute approximate surface area is 86.0 Å². The summed E-state index contributed by atoms with van der Waals surface area (Å²) in [6, 6.07) is 0. The average molecular weight is 199 g/mol. The van der Waals surface area contributed by atoms with Gasteiger partial charge in [-0.15, -0.1) is 0 Å². The third-order valence-electron chi connectivity index (χ3n) is 2.15. The Morgan fingerprint density at radius 3 is 2.57 bits per heavy atom. The summed E-state index contributed by atoms with van der Waals surface area (Å²) in [6.45, 7) is 3.66. The molecule has 14 heavy (non-hydrogen) atoms. The molecule has 0 aromatic rings. The van der Waals surface area contributed by atoms with Crippen LogP contribution in [0, 0.1) is 0 Å². The second kappa shape index (κ2) is 6.60. The summed E-state index contributed by atoms with van der Waals surface area (Å²) >= 11 is 0. The van der Waals surface area contributed by atoms with E-state index in [0.717, 1.165) is 12.8 Å². The molecule has 1 atom stereocenters. The summed E-state index contributed by atoms with van der Waals surface area (Å²) in [4.78, 5) is 10.6. The van der Waals surface area contributed by atoms with Gasteiger partial charge in [-0.3, -0.25) is 0 Å². The zero-order valence-electron chi connectivity index (χ0n) is 9.12. The molecular formula is C11H21NO2. The van der Waals surface area contributed by atoms with Crippen molar-refractivity contribution >= 4 is 5.97 Å². The van der Waals surface area contributed by atoms with Crippen LogP contribution in [0.2, 0.25) is 0 Å². The molecule has 0 spiro atoms. The fraction of sp³-hybridized carbons (Fsp3) is 0.727. The molecule has 0 radical (unpaired) electrons. The number of unbranched alkanes of at least 4 members (excludes halogenated alkanes) is 4. The molecule has 0 fully saturated rings. The predicted molar refractivity (Wildman–Crippen MR) is 58.1 cm³/mol. The standard InChI is InChI=1S/C11H21NO2/c1-3-4-5-6-7-8-9-11(2,12)10(13)14/h8-9H,3-7,12H2,1-2H3,(H,13,14)/t11-/m0/s1. The van der Waals surface area contributed by atoms with E-state index < -0.39 is 11.5 Å². The minimum atomic E-state index is -1.22. The second-order valence-electron chi connectivity index (χ2n) is 3.84. The molecule has 3 heteroatoms. The van der Waals surface area contributed by atoms with Gasteiger partial charge in [0.15, 0.2) is 0 Å². The highest BCUT2D eigenvalue weighted by Gasteiger charge is 2.23. The zero-order valence-corrected chi connectivity index (χ0v) is 9.12. The molecule has 0 aromatic carbocycles. The van der Waals surface area contributed by atoms with Gasteiger partial charge in [0.1, 0.15) is 5.54 Å². The molecule has 0 amide bonds. The molecular weight excluding hydrogens is 178 g/mol. The number of rotatable bonds is 7. The Balaban J connectivity index is 3.67. The summed E-state index contributed by atoms with van der Waals surface area (Å²) in [6.07, 6.45) is 9.13. The Hall–Kier alpha value is -0.830. The van der Waals surface area contributed by atoms with Crippen LogP contribution in [0.4, 0.5) is 0 Å². The Morgan fingerprint density at radius 2 is 2.07 bits per heavy atom. The monoisotopic (exact) mass is 199 g/mol. The normalized spacial score (nSPS) is 15.6. The van der Waals surface area contributed by atoms with Crippen molar-refractivity contribution in [3.05, 3.63) is 12.2 Å². The van der Waals surface area contributed by atoms with Gasteiger partial charge in [-0.1, -0.05) is 38.3 Å². The quantitative estimate of drug-likeness (QED) is 0.488. The van der Waals surface area contributed by atoms with Gasteiger partial charge in [0.2, 0.25) is 0 Å². The van der Waals surface area contributed by atoms with Crippen molar-refractivity contribution < 1.29 is 9.90 Å². The first-order valence-electron chi connectivity index (χ1n) is 5.20. The summed E-state index contributed by atoms with van der Waals surface area (Å²) in [5.74, 6) is -0.984. The van der Waals surface area contributed by atoms with Crippen LogP contribution in [0.3, 0.4) is 0 Å². The van der Waals surface area contributed by atoms with Crippen LogP contribution >= 0.6 is 0 Å². The summed E-state index contributed by atoms with van der Waals surface area (Å²) < 4.78 is 0. The van der Waals surface area contributed by atoms with Crippen molar-refractivity contribution in [2.45, 2.75) is 51.5 Å². The first-order valence-corrected chi connectivity index (χ1v) is 5.20. The molecule has 3 nitrogen and oxygen atoms in total. The van der Waals surface area contributed by atoms with E-state index in [4.69, 9.17) is 10.8 Å². The number of carbonyl (C=O) groups is 1. The molecule has 3 N–H and O–H groups in total. The number of nitrogens with two attached hydrogens (primary N) is 1. The van der Waals surface area contributed by atoms with Crippen LogP contribution in [0.25, 0.3) is 0 Å². The first-order chi connectivity index (χ1) is 6.50. The third kappa shape index (κ3) is 5.75. The van der Waals surface area contributed by atoms with Gasteiger partial charge in [0, 0.05) is 0 Å². The van der Waals surface area contributed by atoms with E-state index in [2.05, 4.69) is 6.92 Å². The maximum Gasteiger partial charge on any atom is 0.327 e. The van der Waals surface area contributed by atoms with Crippen LogP contribution in [0.5, 0.6) is 0 Å². The fourth-order valence-corrected chi connectivity index (χ4v) is 1.09. The van der Waals surface area contributed by atoms with E-state index in [-0.39, 0.29) is 0 Å². The topological polar surface area (TPSA) is 63.3 Å². The number of carboxylic acids is 1. The summed E-state index contributed by atoms with van der Waals surface area (Å²) in [7, 11) is 0. The van der Waals surface area contributed by atoms with Crippen LogP contribution in [0.15, 0.2) is 12.2 Å². The van der Waals surface area contributed by atoms with Crippen molar-refractivity contribution in [3.63, 3.8) is 0 Å². The lowest BCUT2D eigenvalue weighted by molar-refractivity contribution is -0.140. The highest BCUT2D eigenvalue weighted by Crippen LogP contribution is 2.06. The van der Waals surface area contributed by atoms with E-state index >= 15 is 0 Å². The number of aliphatic carboxylic acids is 1. The van der Waals surface area contributed by atoms with E-state index in [1.54, 1.807) is 6.08 Å². The number of hydrogen-bond donors (Lipinski definition) is 2.